The number of carbonyl (C=O) groups is 2. The second kappa shape index (κ2) is 6.19. The van der Waals surface area contributed by atoms with Gasteiger partial charge in [0.15, 0.2) is 6.10 Å². The normalized spacial score (nSPS) is 15.5. The zero-order valence-corrected chi connectivity index (χ0v) is 12.1. The largest absolute Gasteiger partial charge is 0.449 e. The zero-order chi connectivity index (χ0) is 13.8. The molecule has 0 fully saturated rings. The Labute approximate surface area is 117 Å². The fourth-order valence-electron chi connectivity index (χ4n) is 2.26. The van der Waals surface area contributed by atoms with Crippen molar-refractivity contribution in [2.45, 2.75) is 45.6 Å². The molecule has 0 bridgehead atoms. The number of esters is 1. The van der Waals surface area contributed by atoms with Crippen LogP contribution < -0.4 is 5.32 Å². The summed E-state index contributed by atoms with van der Waals surface area (Å²) in [6.07, 6.45) is 3.57. The summed E-state index contributed by atoms with van der Waals surface area (Å²) < 4.78 is 5.23. The van der Waals surface area contributed by atoms with Gasteiger partial charge in [-0.05, 0) is 45.1 Å². The molecule has 1 heterocycles. The SMILES string of the molecule is CCNC(=O)[C@@H](C)OC(=O)c1csc2c1CCCC2. The molecule has 1 aliphatic carbocycles. The molecule has 1 amide bonds. The van der Waals surface area contributed by atoms with Gasteiger partial charge in [0.05, 0.1) is 5.56 Å². The van der Waals surface area contributed by atoms with Crippen LogP contribution in [-0.2, 0) is 22.4 Å². The number of ether oxygens (including phenoxy) is 1. The van der Waals surface area contributed by atoms with Crippen LogP contribution in [0, 0.1) is 0 Å². The van der Waals surface area contributed by atoms with Crippen LogP contribution in [-0.4, -0.2) is 24.5 Å². The Hall–Kier alpha value is -1.36. The molecule has 0 spiro atoms. The number of thiophene rings is 1. The summed E-state index contributed by atoms with van der Waals surface area (Å²) in [5.74, 6) is -0.627. The minimum atomic E-state index is -0.744. The first-order valence-corrected chi connectivity index (χ1v) is 7.59. The van der Waals surface area contributed by atoms with Crippen molar-refractivity contribution >= 4 is 23.2 Å². The number of hydrogen-bond acceptors (Lipinski definition) is 4. The van der Waals surface area contributed by atoms with Gasteiger partial charge in [-0.15, -0.1) is 11.3 Å². The lowest BCUT2D eigenvalue weighted by molar-refractivity contribution is -0.128. The highest BCUT2D eigenvalue weighted by atomic mass is 32.1. The third-order valence-electron chi connectivity index (χ3n) is 3.29. The summed E-state index contributed by atoms with van der Waals surface area (Å²) in [7, 11) is 0. The van der Waals surface area contributed by atoms with Gasteiger partial charge in [-0.2, -0.15) is 0 Å². The van der Waals surface area contributed by atoms with E-state index in [1.54, 1.807) is 18.3 Å². The van der Waals surface area contributed by atoms with Gasteiger partial charge < -0.3 is 10.1 Å². The fourth-order valence-corrected chi connectivity index (χ4v) is 3.38. The monoisotopic (exact) mass is 281 g/mol. The number of rotatable bonds is 4. The van der Waals surface area contributed by atoms with Crippen LogP contribution >= 0.6 is 11.3 Å². The molecular formula is C14H19NO3S. The number of amides is 1. The first-order chi connectivity index (χ1) is 9.13. The molecule has 19 heavy (non-hydrogen) atoms. The summed E-state index contributed by atoms with van der Waals surface area (Å²) in [4.78, 5) is 24.9. The van der Waals surface area contributed by atoms with Crippen molar-refractivity contribution in [3.05, 3.63) is 21.4 Å². The molecule has 5 heteroatoms. The van der Waals surface area contributed by atoms with Gasteiger partial charge in [-0.1, -0.05) is 0 Å². The molecule has 0 unspecified atom stereocenters. The highest BCUT2D eigenvalue weighted by molar-refractivity contribution is 7.10. The van der Waals surface area contributed by atoms with E-state index >= 15 is 0 Å². The van der Waals surface area contributed by atoms with Gasteiger partial charge in [0.2, 0.25) is 0 Å². The summed E-state index contributed by atoms with van der Waals surface area (Å²) in [5, 5.41) is 4.51. The standard InChI is InChI=1S/C14H19NO3S/c1-3-15-13(16)9(2)18-14(17)11-8-19-12-7-5-4-6-10(11)12/h8-9H,3-7H2,1-2H3,(H,15,16)/t9-/m1/s1. The number of likely N-dealkylation sites (N-methyl/N-ethyl adjacent to an activating group) is 1. The average Bonchev–Trinajstić information content (AvgIpc) is 2.82. The molecule has 2 rings (SSSR count). The molecule has 1 aromatic rings. The van der Waals surface area contributed by atoms with Crippen LogP contribution in [0.5, 0.6) is 0 Å². The van der Waals surface area contributed by atoms with Crippen LogP contribution in [0.1, 0.15) is 47.5 Å². The zero-order valence-electron chi connectivity index (χ0n) is 11.3. The number of fused-ring (bicyclic) bond motifs is 1. The second-order valence-electron chi connectivity index (χ2n) is 4.70. The Morgan fingerprint density at radius 1 is 1.42 bits per heavy atom. The van der Waals surface area contributed by atoms with Crippen molar-refractivity contribution in [2.75, 3.05) is 6.54 Å². The molecule has 1 aromatic heterocycles. The van der Waals surface area contributed by atoms with Crippen molar-refractivity contribution in [2.24, 2.45) is 0 Å². The predicted octanol–water partition coefficient (Wildman–Crippen LogP) is 2.31. The van der Waals surface area contributed by atoms with E-state index in [0.717, 1.165) is 24.8 Å². The third kappa shape index (κ3) is 3.15. The van der Waals surface area contributed by atoms with Gasteiger partial charge in [-0.25, -0.2) is 4.79 Å². The molecule has 1 N–H and O–H groups in total. The van der Waals surface area contributed by atoms with Crippen molar-refractivity contribution in [3.8, 4) is 0 Å². The molecule has 1 atom stereocenters. The van der Waals surface area contributed by atoms with Crippen molar-refractivity contribution in [1.82, 2.24) is 5.32 Å². The van der Waals surface area contributed by atoms with Gasteiger partial charge in [0.25, 0.3) is 5.91 Å². The Kier molecular flexibility index (Phi) is 4.58. The van der Waals surface area contributed by atoms with Crippen LogP contribution in [0.25, 0.3) is 0 Å². The lowest BCUT2D eigenvalue weighted by Gasteiger charge is -2.15. The minimum Gasteiger partial charge on any atom is -0.449 e. The van der Waals surface area contributed by atoms with Crippen molar-refractivity contribution in [3.63, 3.8) is 0 Å². The van der Waals surface area contributed by atoms with Crippen molar-refractivity contribution < 1.29 is 14.3 Å². The van der Waals surface area contributed by atoms with E-state index in [0.29, 0.717) is 12.1 Å². The summed E-state index contributed by atoms with van der Waals surface area (Å²) >= 11 is 1.62. The molecule has 0 saturated heterocycles. The predicted molar refractivity (Wildman–Crippen MR) is 74.5 cm³/mol. The maximum Gasteiger partial charge on any atom is 0.340 e. The average molecular weight is 281 g/mol. The van der Waals surface area contributed by atoms with E-state index in [-0.39, 0.29) is 11.9 Å². The molecule has 4 nitrogen and oxygen atoms in total. The molecule has 1 aliphatic rings. The van der Waals surface area contributed by atoms with E-state index in [2.05, 4.69) is 5.32 Å². The lowest BCUT2D eigenvalue weighted by atomic mass is 9.96. The maximum atomic E-state index is 12.1. The summed E-state index contributed by atoms with van der Waals surface area (Å²) in [6, 6.07) is 0. The molecular weight excluding hydrogens is 262 g/mol. The van der Waals surface area contributed by atoms with E-state index in [9.17, 15) is 9.59 Å². The molecule has 0 saturated carbocycles. The smallest absolute Gasteiger partial charge is 0.340 e. The fraction of sp³-hybridized carbons (Fsp3) is 0.571. The number of aryl methyl sites for hydroxylation is 1. The molecule has 0 radical (unpaired) electrons. The molecule has 104 valence electrons. The quantitative estimate of drug-likeness (QED) is 0.862. The van der Waals surface area contributed by atoms with E-state index in [1.165, 1.54) is 11.3 Å². The number of nitrogens with one attached hydrogen (secondary N) is 1. The summed E-state index contributed by atoms with van der Waals surface area (Å²) in [6.45, 7) is 3.97. The minimum absolute atomic E-state index is 0.250. The topological polar surface area (TPSA) is 55.4 Å². The van der Waals surface area contributed by atoms with Gasteiger partial charge in [0.1, 0.15) is 0 Å². The Morgan fingerprint density at radius 2 is 2.16 bits per heavy atom. The third-order valence-corrected chi connectivity index (χ3v) is 4.37. The van der Waals surface area contributed by atoms with E-state index < -0.39 is 6.10 Å². The number of hydrogen-bond donors (Lipinski definition) is 1. The molecule has 0 aromatic carbocycles. The van der Waals surface area contributed by atoms with Gasteiger partial charge >= 0.3 is 5.97 Å². The highest BCUT2D eigenvalue weighted by Gasteiger charge is 2.24. The summed E-state index contributed by atoms with van der Waals surface area (Å²) in [5.41, 5.74) is 1.78. The Balaban J connectivity index is 2.04. The number of carbonyl (C=O) groups excluding carboxylic acids is 2. The van der Waals surface area contributed by atoms with Crippen LogP contribution in [0.4, 0.5) is 0 Å². The Morgan fingerprint density at radius 3 is 2.89 bits per heavy atom. The van der Waals surface area contributed by atoms with Crippen LogP contribution in [0.2, 0.25) is 0 Å². The first kappa shape index (κ1) is 14.1. The maximum absolute atomic E-state index is 12.1. The highest BCUT2D eigenvalue weighted by Crippen LogP contribution is 2.30. The van der Waals surface area contributed by atoms with Crippen LogP contribution in [0.3, 0.4) is 0 Å². The first-order valence-electron chi connectivity index (χ1n) is 6.71. The van der Waals surface area contributed by atoms with E-state index in [1.807, 2.05) is 12.3 Å². The van der Waals surface area contributed by atoms with Crippen LogP contribution in [0.15, 0.2) is 5.38 Å². The Bertz CT molecular complexity index is 481. The van der Waals surface area contributed by atoms with Gasteiger partial charge in [0, 0.05) is 16.8 Å². The second-order valence-corrected chi connectivity index (χ2v) is 5.66. The molecule has 0 aliphatic heterocycles. The van der Waals surface area contributed by atoms with E-state index in [4.69, 9.17) is 4.74 Å². The van der Waals surface area contributed by atoms with Gasteiger partial charge in [-0.3, -0.25) is 4.79 Å². The lowest BCUT2D eigenvalue weighted by Crippen LogP contribution is -2.35. The van der Waals surface area contributed by atoms with Crippen molar-refractivity contribution in [1.29, 1.82) is 0 Å².